The van der Waals surface area contributed by atoms with Crippen LogP contribution in [0.5, 0.6) is 5.75 Å². The molecule has 0 aliphatic carbocycles. The summed E-state index contributed by atoms with van der Waals surface area (Å²) in [5.74, 6) is 0.287. The molecule has 0 atom stereocenters. The highest BCUT2D eigenvalue weighted by molar-refractivity contribution is 14.1. The van der Waals surface area contributed by atoms with E-state index in [-0.39, 0.29) is 5.57 Å². The summed E-state index contributed by atoms with van der Waals surface area (Å²) in [6, 6.07) is 19.3. The molecule has 2 aromatic carbocycles. The van der Waals surface area contributed by atoms with Gasteiger partial charge >= 0.3 is 0 Å². The number of carbonyl (C=O) groups is 1. The van der Waals surface area contributed by atoms with E-state index >= 15 is 0 Å². The molecule has 152 valence electrons. The van der Waals surface area contributed by atoms with Gasteiger partial charge in [-0.25, -0.2) is 0 Å². The van der Waals surface area contributed by atoms with Crippen LogP contribution < -0.4 is 10.1 Å². The number of hydrogen-bond acceptors (Lipinski definition) is 3. The average Bonchev–Trinajstić information content (AvgIpc) is 3.00. The van der Waals surface area contributed by atoms with E-state index in [0.717, 1.165) is 32.0 Å². The summed E-state index contributed by atoms with van der Waals surface area (Å²) in [4.78, 5) is 12.6. The van der Waals surface area contributed by atoms with E-state index in [4.69, 9.17) is 4.74 Å². The number of hydrogen-bond donors (Lipinski definition) is 1. The zero-order valence-corrected chi connectivity index (χ0v) is 19.2. The summed E-state index contributed by atoms with van der Waals surface area (Å²) in [6.07, 6.45) is 1.64. The fourth-order valence-electron chi connectivity index (χ4n) is 3.25. The first kappa shape index (κ1) is 21.7. The summed E-state index contributed by atoms with van der Waals surface area (Å²) in [7, 11) is 0. The first-order valence-corrected chi connectivity index (χ1v) is 10.6. The number of aryl methyl sites for hydroxylation is 1. The van der Waals surface area contributed by atoms with E-state index in [2.05, 4.69) is 38.5 Å². The molecule has 0 fully saturated rings. The third kappa shape index (κ3) is 4.92. The zero-order valence-electron chi connectivity index (χ0n) is 17.1. The molecule has 0 saturated heterocycles. The maximum Gasteiger partial charge on any atom is 0.266 e. The molecule has 0 bridgehead atoms. The predicted molar refractivity (Wildman–Crippen MR) is 128 cm³/mol. The molecule has 1 N–H and O–H groups in total. The van der Waals surface area contributed by atoms with Crippen LogP contribution in [0.25, 0.3) is 11.8 Å². The van der Waals surface area contributed by atoms with Crippen molar-refractivity contribution in [2.45, 2.75) is 20.8 Å². The van der Waals surface area contributed by atoms with Crippen molar-refractivity contribution in [1.82, 2.24) is 4.57 Å². The highest BCUT2D eigenvalue weighted by Crippen LogP contribution is 2.24. The zero-order chi connectivity index (χ0) is 21.7. The van der Waals surface area contributed by atoms with Crippen LogP contribution in [0.2, 0.25) is 0 Å². The maximum atomic E-state index is 12.6. The van der Waals surface area contributed by atoms with Gasteiger partial charge in [-0.1, -0.05) is 6.07 Å². The van der Waals surface area contributed by atoms with Gasteiger partial charge in [0.1, 0.15) is 17.4 Å². The molecular formula is C24H22IN3O2. The Bertz CT molecular complexity index is 1140. The van der Waals surface area contributed by atoms with Crippen LogP contribution in [-0.4, -0.2) is 17.1 Å². The third-order valence-electron chi connectivity index (χ3n) is 4.62. The van der Waals surface area contributed by atoms with Crippen LogP contribution in [0.1, 0.15) is 23.9 Å². The van der Waals surface area contributed by atoms with Gasteiger partial charge in [-0.05, 0) is 104 Å². The molecule has 1 aromatic heterocycles. The van der Waals surface area contributed by atoms with Gasteiger partial charge in [0.05, 0.1) is 6.61 Å². The van der Waals surface area contributed by atoms with Crippen molar-refractivity contribution in [1.29, 1.82) is 5.26 Å². The molecule has 1 heterocycles. The van der Waals surface area contributed by atoms with Crippen molar-refractivity contribution < 1.29 is 9.53 Å². The number of nitrogens with one attached hydrogen (secondary N) is 1. The lowest BCUT2D eigenvalue weighted by Gasteiger charge is -2.10. The van der Waals surface area contributed by atoms with Crippen LogP contribution in [0.3, 0.4) is 0 Å². The molecule has 1 amide bonds. The number of anilines is 1. The van der Waals surface area contributed by atoms with E-state index in [1.165, 1.54) is 0 Å². The Morgan fingerprint density at radius 2 is 1.93 bits per heavy atom. The molecule has 3 aromatic rings. The molecule has 3 rings (SSSR count). The van der Waals surface area contributed by atoms with Crippen molar-refractivity contribution in [2.24, 2.45) is 0 Å². The maximum absolute atomic E-state index is 12.6. The lowest BCUT2D eigenvalue weighted by Crippen LogP contribution is -2.13. The van der Waals surface area contributed by atoms with Gasteiger partial charge < -0.3 is 14.6 Å². The molecular weight excluding hydrogens is 489 g/mol. The van der Waals surface area contributed by atoms with Crippen LogP contribution in [0, 0.1) is 28.7 Å². The first-order valence-electron chi connectivity index (χ1n) is 9.53. The Kier molecular flexibility index (Phi) is 6.95. The number of ether oxygens (including phenoxy) is 1. The van der Waals surface area contributed by atoms with Crippen molar-refractivity contribution in [3.63, 3.8) is 0 Å². The molecule has 0 unspecified atom stereocenters. The minimum atomic E-state index is -0.444. The average molecular weight is 511 g/mol. The molecule has 0 spiro atoms. The summed E-state index contributed by atoms with van der Waals surface area (Å²) < 4.78 is 8.66. The monoisotopic (exact) mass is 511 g/mol. The SMILES string of the molecule is CCOc1ccc(NC(=O)/C(C#N)=C\c2cc(C)n(-c3cccc(I)c3)c2C)cc1. The van der Waals surface area contributed by atoms with Crippen LogP contribution >= 0.6 is 22.6 Å². The highest BCUT2D eigenvalue weighted by atomic mass is 127. The normalized spacial score (nSPS) is 11.1. The van der Waals surface area contributed by atoms with E-state index in [0.29, 0.717) is 12.3 Å². The third-order valence-corrected chi connectivity index (χ3v) is 5.30. The number of benzene rings is 2. The number of halogens is 1. The predicted octanol–water partition coefficient (Wildman–Crippen LogP) is 5.64. The van der Waals surface area contributed by atoms with Crippen molar-refractivity contribution in [3.8, 4) is 17.5 Å². The highest BCUT2D eigenvalue weighted by Gasteiger charge is 2.14. The minimum absolute atomic E-state index is 0.0479. The molecule has 5 nitrogen and oxygen atoms in total. The van der Waals surface area contributed by atoms with E-state index in [1.54, 1.807) is 30.3 Å². The van der Waals surface area contributed by atoms with E-state index in [1.807, 2.05) is 51.1 Å². The van der Waals surface area contributed by atoms with Gasteiger partial charge in [-0.15, -0.1) is 0 Å². The van der Waals surface area contributed by atoms with E-state index in [9.17, 15) is 10.1 Å². The quantitative estimate of drug-likeness (QED) is 0.265. The number of carbonyl (C=O) groups excluding carboxylic acids is 1. The molecule has 0 saturated carbocycles. The number of aromatic nitrogens is 1. The van der Waals surface area contributed by atoms with Crippen LogP contribution in [0.15, 0.2) is 60.2 Å². The molecule has 30 heavy (non-hydrogen) atoms. The second kappa shape index (κ2) is 9.63. The lowest BCUT2D eigenvalue weighted by atomic mass is 10.1. The standard InChI is InChI=1S/C24H22IN3O2/c1-4-30-23-10-8-21(9-11-23)27-24(29)19(15-26)13-18-12-16(2)28(17(18)3)22-7-5-6-20(25)14-22/h5-14H,4H2,1-3H3,(H,27,29)/b19-13-. The number of amides is 1. The van der Waals surface area contributed by atoms with Gasteiger partial charge in [0.15, 0.2) is 0 Å². The Labute approximate surface area is 190 Å². The first-order chi connectivity index (χ1) is 14.4. The van der Waals surface area contributed by atoms with Gasteiger partial charge in [0, 0.05) is 26.3 Å². The molecule has 0 radical (unpaired) electrons. The Morgan fingerprint density at radius 1 is 1.20 bits per heavy atom. The Morgan fingerprint density at radius 3 is 2.57 bits per heavy atom. The van der Waals surface area contributed by atoms with Crippen LogP contribution in [-0.2, 0) is 4.79 Å². The van der Waals surface area contributed by atoms with Gasteiger partial charge in [0.25, 0.3) is 5.91 Å². The number of rotatable bonds is 6. The molecule has 0 aliphatic rings. The smallest absolute Gasteiger partial charge is 0.266 e. The van der Waals surface area contributed by atoms with Gasteiger partial charge in [0.2, 0.25) is 0 Å². The van der Waals surface area contributed by atoms with E-state index < -0.39 is 5.91 Å². The number of nitriles is 1. The Hall–Kier alpha value is -3.05. The fourth-order valence-corrected chi connectivity index (χ4v) is 3.78. The number of nitrogens with zero attached hydrogens (tertiary/aromatic N) is 2. The summed E-state index contributed by atoms with van der Waals surface area (Å²) in [6.45, 7) is 6.48. The van der Waals surface area contributed by atoms with Crippen molar-refractivity contribution in [3.05, 3.63) is 80.7 Å². The van der Waals surface area contributed by atoms with Gasteiger partial charge in [-0.3, -0.25) is 4.79 Å². The van der Waals surface area contributed by atoms with Crippen LogP contribution in [0.4, 0.5) is 5.69 Å². The summed E-state index contributed by atoms with van der Waals surface area (Å²) >= 11 is 2.28. The summed E-state index contributed by atoms with van der Waals surface area (Å²) in [5, 5.41) is 12.3. The summed E-state index contributed by atoms with van der Waals surface area (Å²) in [5.41, 5.74) is 4.54. The van der Waals surface area contributed by atoms with Crippen molar-refractivity contribution in [2.75, 3.05) is 11.9 Å². The molecule has 0 aliphatic heterocycles. The Balaban J connectivity index is 1.86. The fraction of sp³-hybridized carbons (Fsp3) is 0.167. The lowest BCUT2D eigenvalue weighted by molar-refractivity contribution is -0.112. The van der Waals surface area contributed by atoms with Crippen molar-refractivity contribution >= 4 is 40.3 Å². The largest absolute Gasteiger partial charge is 0.494 e. The second-order valence-corrected chi connectivity index (χ2v) is 7.97. The molecule has 6 heteroatoms. The van der Waals surface area contributed by atoms with Gasteiger partial charge in [-0.2, -0.15) is 5.26 Å². The topological polar surface area (TPSA) is 67.0 Å². The second-order valence-electron chi connectivity index (χ2n) is 6.72. The minimum Gasteiger partial charge on any atom is -0.494 e.